The number of carbonyl (C=O) groups is 1. The highest BCUT2D eigenvalue weighted by Gasteiger charge is 2.33. The predicted molar refractivity (Wildman–Crippen MR) is 73.2 cm³/mol. The normalized spacial score (nSPS) is 27.5. The van der Waals surface area contributed by atoms with Gasteiger partial charge in [0.05, 0.1) is 12.2 Å². The highest BCUT2D eigenvalue weighted by atomic mass is 32.2. The molecule has 1 atom stereocenters. The van der Waals surface area contributed by atoms with E-state index in [0.29, 0.717) is 13.1 Å². The van der Waals surface area contributed by atoms with Gasteiger partial charge in [0.25, 0.3) is 0 Å². The number of rotatable bonds is 2. The molecule has 2 saturated heterocycles. The molecule has 2 aliphatic heterocycles. The van der Waals surface area contributed by atoms with Gasteiger partial charge in [-0.1, -0.05) is 0 Å². The monoisotopic (exact) mass is 289 g/mol. The summed E-state index contributed by atoms with van der Waals surface area (Å²) in [7, 11) is -1.13. The number of hydrogen-bond acceptors (Lipinski definition) is 4. The van der Waals surface area contributed by atoms with Crippen LogP contribution >= 0.6 is 0 Å². The van der Waals surface area contributed by atoms with Crippen LogP contribution in [0.3, 0.4) is 0 Å². The zero-order valence-electron chi connectivity index (χ0n) is 11.7. The molecule has 1 amide bonds. The van der Waals surface area contributed by atoms with Crippen molar-refractivity contribution < 1.29 is 13.2 Å². The highest BCUT2D eigenvalue weighted by Crippen LogP contribution is 2.21. The van der Waals surface area contributed by atoms with Crippen molar-refractivity contribution in [3.8, 4) is 0 Å². The number of amides is 1. The molecular formula is C12H23N3O3S. The van der Waals surface area contributed by atoms with Gasteiger partial charge in [0, 0.05) is 39.3 Å². The highest BCUT2D eigenvalue weighted by molar-refractivity contribution is 7.88. The molecular weight excluding hydrogens is 266 g/mol. The zero-order chi connectivity index (χ0) is 14.0. The molecule has 0 aromatic carbocycles. The molecule has 1 unspecified atom stereocenters. The number of carbonyl (C=O) groups excluding carboxylic acids is 1. The van der Waals surface area contributed by atoms with Crippen molar-refractivity contribution in [3.05, 3.63) is 0 Å². The summed E-state index contributed by atoms with van der Waals surface area (Å²) in [6, 6.07) is 0. The maximum Gasteiger partial charge on any atom is 0.227 e. The molecule has 0 aromatic rings. The fraction of sp³-hybridized carbons (Fsp3) is 0.917. The van der Waals surface area contributed by atoms with Crippen LogP contribution in [0.2, 0.25) is 0 Å². The van der Waals surface area contributed by atoms with E-state index in [2.05, 4.69) is 4.90 Å². The summed E-state index contributed by atoms with van der Waals surface area (Å²) >= 11 is 0. The molecule has 0 bridgehead atoms. The number of piperazine rings is 1. The number of likely N-dealkylation sites (N-methyl/N-ethyl adjacent to an activating group) is 1. The minimum atomic E-state index is -3.18. The summed E-state index contributed by atoms with van der Waals surface area (Å²) < 4.78 is 24.6. The largest absolute Gasteiger partial charge is 0.340 e. The molecule has 0 saturated carbocycles. The first-order chi connectivity index (χ1) is 8.88. The van der Waals surface area contributed by atoms with Crippen LogP contribution in [-0.4, -0.2) is 81.0 Å². The minimum Gasteiger partial charge on any atom is -0.340 e. The molecule has 19 heavy (non-hydrogen) atoms. The van der Waals surface area contributed by atoms with Gasteiger partial charge in [0.15, 0.2) is 0 Å². The van der Waals surface area contributed by atoms with E-state index in [1.54, 1.807) is 0 Å². The lowest BCUT2D eigenvalue weighted by Crippen LogP contribution is -2.52. The quantitative estimate of drug-likeness (QED) is 0.683. The molecule has 0 aromatic heterocycles. The Kier molecular flexibility index (Phi) is 4.47. The van der Waals surface area contributed by atoms with E-state index in [4.69, 9.17) is 0 Å². The second-order valence-corrected chi connectivity index (χ2v) is 7.57. The minimum absolute atomic E-state index is 0.126. The van der Waals surface area contributed by atoms with E-state index in [9.17, 15) is 13.2 Å². The molecule has 2 rings (SSSR count). The Labute approximate surface area is 115 Å². The molecule has 0 spiro atoms. The van der Waals surface area contributed by atoms with Gasteiger partial charge in [-0.25, -0.2) is 12.7 Å². The Morgan fingerprint density at radius 1 is 1.11 bits per heavy atom. The average molecular weight is 289 g/mol. The van der Waals surface area contributed by atoms with Crippen LogP contribution in [0.25, 0.3) is 0 Å². The first-order valence-corrected chi connectivity index (χ1v) is 8.65. The summed E-state index contributed by atoms with van der Waals surface area (Å²) in [5, 5.41) is 0. The third-order valence-corrected chi connectivity index (χ3v) is 5.29. The summed E-state index contributed by atoms with van der Waals surface area (Å²) in [5.74, 6) is -0.0340. The van der Waals surface area contributed by atoms with Crippen molar-refractivity contribution in [3.63, 3.8) is 0 Å². The van der Waals surface area contributed by atoms with Crippen LogP contribution in [0, 0.1) is 5.92 Å². The molecule has 7 heteroatoms. The van der Waals surface area contributed by atoms with Gasteiger partial charge in [0.1, 0.15) is 0 Å². The SMILES string of the molecule is CN1CCN(C(=O)C2CCCN(S(C)(=O)=O)C2)CC1. The first-order valence-electron chi connectivity index (χ1n) is 6.80. The van der Waals surface area contributed by atoms with E-state index < -0.39 is 10.0 Å². The summed E-state index contributed by atoms with van der Waals surface area (Å²) in [5.41, 5.74) is 0. The number of piperidine rings is 1. The van der Waals surface area contributed by atoms with Crippen LogP contribution < -0.4 is 0 Å². The molecule has 6 nitrogen and oxygen atoms in total. The lowest BCUT2D eigenvalue weighted by atomic mass is 9.98. The van der Waals surface area contributed by atoms with Crippen LogP contribution in [0.5, 0.6) is 0 Å². The Morgan fingerprint density at radius 2 is 1.74 bits per heavy atom. The average Bonchev–Trinajstić information content (AvgIpc) is 2.38. The van der Waals surface area contributed by atoms with Gasteiger partial charge >= 0.3 is 0 Å². The van der Waals surface area contributed by atoms with E-state index in [0.717, 1.165) is 39.0 Å². The first kappa shape index (κ1) is 14.7. The summed E-state index contributed by atoms with van der Waals surface area (Å²) in [4.78, 5) is 16.5. The van der Waals surface area contributed by atoms with Crippen LogP contribution in [-0.2, 0) is 14.8 Å². The topological polar surface area (TPSA) is 60.9 Å². The number of hydrogen-bond donors (Lipinski definition) is 0. The third kappa shape index (κ3) is 3.67. The standard InChI is InChI=1S/C12H23N3O3S/c1-13-6-8-14(9-7-13)12(16)11-4-3-5-15(10-11)19(2,17)18/h11H,3-10H2,1-2H3. The van der Waals surface area contributed by atoms with E-state index in [1.807, 2.05) is 11.9 Å². The Bertz CT molecular complexity index is 430. The molecule has 2 fully saturated rings. The number of sulfonamides is 1. The molecule has 0 aliphatic carbocycles. The summed E-state index contributed by atoms with van der Waals surface area (Å²) in [6.07, 6.45) is 2.80. The molecule has 110 valence electrons. The zero-order valence-corrected chi connectivity index (χ0v) is 12.5. The van der Waals surface area contributed by atoms with Gasteiger partial charge in [-0.15, -0.1) is 0 Å². The maximum absolute atomic E-state index is 12.4. The fourth-order valence-electron chi connectivity index (χ4n) is 2.73. The Hall–Kier alpha value is -0.660. The van der Waals surface area contributed by atoms with Gasteiger partial charge < -0.3 is 9.80 Å². The maximum atomic E-state index is 12.4. The van der Waals surface area contributed by atoms with E-state index in [1.165, 1.54) is 10.6 Å². The van der Waals surface area contributed by atoms with Gasteiger partial charge in [-0.3, -0.25) is 4.79 Å². The van der Waals surface area contributed by atoms with Crippen LogP contribution in [0.4, 0.5) is 0 Å². The Balaban J connectivity index is 1.95. The van der Waals surface area contributed by atoms with Gasteiger partial charge in [0.2, 0.25) is 15.9 Å². The fourth-order valence-corrected chi connectivity index (χ4v) is 3.64. The Morgan fingerprint density at radius 3 is 2.32 bits per heavy atom. The van der Waals surface area contributed by atoms with Crippen molar-refractivity contribution in [1.29, 1.82) is 0 Å². The smallest absolute Gasteiger partial charge is 0.227 e. The van der Waals surface area contributed by atoms with Crippen LogP contribution in [0.15, 0.2) is 0 Å². The summed E-state index contributed by atoms with van der Waals surface area (Å²) in [6.45, 7) is 4.20. The predicted octanol–water partition coefficient (Wildman–Crippen LogP) is -0.568. The van der Waals surface area contributed by atoms with Crippen molar-refractivity contribution in [2.45, 2.75) is 12.8 Å². The van der Waals surface area contributed by atoms with Gasteiger partial charge in [-0.05, 0) is 19.9 Å². The van der Waals surface area contributed by atoms with E-state index in [-0.39, 0.29) is 11.8 Å². The second-order valence-electron chi connectivity index (χ2n) is 5.59. The van der Waals surface area contributed by atoms with E-state index >= 15 is 0 Å². The van der Waals surface area contributed by atoms with Crippen molar-refractivity contribution >= 4 is 15.9 Å². The van der Waals surface area contributed by atoms with Crippen molar-refractivity contribution in [1.82, 2.24) is 14.1 Å². The third-order valence-electron chi connectivity index (χ3n) is 4.02. The lowest BCUT2D eigenvalue weighted by molar-refractivity contribution is -0.138. The number of nitrogens with zero attached hydrogens (tertiary/aromatic N) is 3. The molecule has 2 aliphatic rings. The second kappa shape index (κ2) is 5.76. The molecule has 0 N–H and O–H groups in total. The van der Waals surface area contributed by atoms with Crippen molar-refractivity contribution in [2.75, 3.05) is 52.6 Å². The van der Waals surface area contributed by atoms with Gasteiger partial charge in [-0.2, -0.15) is 0 Å². The van der Waals surface area contributed by atoms with Crippen molar-refractivity contribution in [2.24, 2.45) is 5.92 Å². The lowest BCUT2D eigenvalue weighted by Gasteiger charge is -2.37. The molecule has 0 radical (unpaired) electrons. The van der Waals surface area contributed by atoms with Crippen LogP contribution in [0.1, 0.15) is 12.8 Å². The molecule has 2 heterocycles.